The number of halogens is 1. The molecule has 0 saturated heterocycles. The van der Waals surface area contributed by atoms with Gasteiger partial charge in [-0.05, 0) is 33.6 Å². The Balaban J connectivity index is 2.19. The van der Waals surface area contributed by atoms with Crippen LogP contribution in [0.1, 0.15) is 11.5 Å². The van der Waals surface area contributed by atoms with E-state index in [1.807, 2.05) is 12.1 Å². The van der Waals surface area contributed by atoms with Crippen molar-refractivity contribution >= 4 is 27.5 Å². The van der Waals surface area contributed by atoms with Gasteiger partial charge in [-0.25, -0.2) is 0 Å². The number of carbonyl (C=O) groups excluding carboxylic acids is 1. The van der Waals surface area contributed by atoms with Gasteiger partial charge in [-0.15, -0.1) is 0 Å². The van der Waals surface area contributed by atoms with Crippen LogP contribution in [0.2, 0.25) is 0 Å². The highest BCUT2D eigenvalue weighted by Gasteiger charge is 2.20. The Morgan fingerprint density at radius 3 is 2.62 bits per heavy atom. The van der Waals surface area contributed by atoms with E-state index in [-0.39, 0.29) is 5.91 Å². The molecule has 1 atom stereocenters. The summed E-state index contributed by atoms with van der Waals surface area (Å²) >= 11 is 3.35. The highest BCUT2D eigenvalue weighted by atomic mass is 79.9. The zero-order chi connectivity index (χ0) is 15.2. The fourth-order valence-electron chi connectivity index (χ4n) is 1.88. The molecule has 2 rings (SSSR count). The quantitative estimate of drug-likeness (QED) is 0.919. The first kappa shape index (κ1) is 15.1. The van der Waals surface area contributed by atoms with Crippen LogP contribution in [0.5, 0.6) is 5.75 Å². The molecule has 21 heavy (non-hydrogen) atoms. The van der Waals surface area contributed by atoms with Gasteiger partial charge >= 0.3 is 0 Å². The summed E-state index contributed by atoms with van der Waals surface area (Å²) in [7, 11) is 1.55. The largest absolute Gasteiger partial charge is 0.495 e. The van der Waals surface area contributed by atoms with E-state index in [9.17, 15) is 10.1 Å². The zero-order valence-corrected chi connectivity index (χ0v) is 12.9. The highest BCUT2D eigenvalue weighted by Crippen LogP contribution is 2.28. The van der Waals surface area contributed by atoms with Crippen molar-refractivity contribution < 1.29 is 9.53 Å². The third-order valence-corrected chi connectivity index (χ3v) is 3.60. The lowest BCUT2D eigenvalue weighted by molar-refractivity contribution is -0.116. The van der Waals surface area contributed by atoms with Gasteiger partial charge in [0, 0.05) is 11.8 Å². The van der Waals surface area contributed by atoms with E-state index in [1.165, 1.54) is 0 Å². The first-order valence-electron chi connectivity index (χ1n) is 6.24. The molecule has 106 valence electrons. The maximum Gasteiger partial charge on any atom is 0.246 e. The minimum Gasteiger partial charge on any atom is -0.495 e. The molecule has 1 unspecified atom stereocenters. The Labute approximate surface area is 131 Å². The average molecular weight is 345 g/mol. The summed E-state index contributed by atoms with van der Waals surface area (Å²) in [4.78, 5) is 12.2. The van der Waals surface area contributed by atoms with Crippen LogP contribution in [0.15, 0.2) is 53.0 Å². The van der Waals surface area contributed by atoms with Crippen LogP contribution < -0.4 is 10.1 Å². The Hall–Kier alpha value is -2.32. The predicted octanol–water partition coefficient (Wildman–Crippen LogP) is 3.70. The molecule has 0 spiro atoms. The van der Waals surface area contributed by atoms with Crippen molar-refractivity contribution in [2.45, 2.75) is 5.92 Å². The Bertz CT molecular complexity index is 680. The molecule has 4 nitrogen and oxygen atoms in total. The summed E-state index contributed by atoms with van der Waals surface area (Å²) in [6, 6.07) is 16.2. The smallest absolute Gasteiger partial charge is 0.246 e. The minimum atomic E-state index is -0.846. The van der Waals surface area contributed by atoms with Crippen molar-refractivity contribution in [2.75, 3.05) is 12.4 Å². The summed E-state index contributed by atoms with van der Waals surface area (Å²) < 4.78 is 5.97. The fourth-order valence-corrected chi connectivity index (χ4v) is 2.29. The third-order valence-electron chi connectivity index (χ3n) is 2.94. The number of nitrogens with zero attached hydrogens (tertiary/aromatic N) is 1. The molecule has 0 aromatic heterocycles. The molecule has 2 aromatic rings. The first-order chi connectivity index (χ1) is 10.2. The van der Waals surface area contributed by atoms with Gasteiger partial charge in [-0.2, -0.15) is 5.26 Å². The van der Waals surface area contributed by atoms with Gasteiger partial charge in [0.25, 0.3) is 0 Å². The number of hydrogen-bond acceptors (Lipinski definition) is 3. The molecule has 0 bridgehead atoms. The summed E-state index contributed by atoms with van der Waals surface area (Å²) in [6.45, 7) is 0. The molecular weight excluding hydrogens is 332 g/mol. The molecule has 0 fully saturated rings. The van der Waals surface area contributed by atoms with Crippen LogP contribution >= 0.6 is 15.9 Å². The van der Waals surface area contributed by atoms with Crippen molar-refractivity contribution in [3.05, 3.63) is 58.6 Å². The fraction of sp³-hybridized carbons (Fsp3) is 0.125. The van der Waals surface area contributed by atoms with Crippen LogP contribution in [0.3, 0.4) is 0 Å². The number of nitriles is 1. The van der Waals surface area contributed by atoms with Crippen molar-refractivity contribution in [1.29, 1.82) is 5.26 Å². The van der Waals surface area contributed by atoms with E-state index in [2.05, 4.69) is 21.2 Å². The standard InChI is InChI=1S/C16H13BrN2O2/c1-21-15-9-12(7-8-14(15)17)19-16(20)13(10-18)11-5-3-2-4-6-11/h2-9,13H,1H3,(H,19,20). The number of rotatable bonds is 4. The van der Waals surface area contributed by atoms with E-state index < -0.39 is 5.92 Å². The number of nitrogens with one attached hydrogen (secondary N) is 1. The van der Waals surface area contributed by atoms with Gasteiger partial charge < -0.3 is 10.1 Å². The number of benzene rings is 2. The number of ether oxygens (including phenoxy) is 1. The van der Waals surface area contributed by atoms with Gasteiger partial charge in [0.1, 0.15) is 5.75 Å². The molecule has 0 heterocycles. The molecule has 0 aliphatic rings. The SMILES string of the molecule is COc1cc(NC(=O)C(C#N)c2ccccc2)ccc1Br. The Morgan fingerprint density at radius 1 is 1.29 bits per heavy atom. The Kier molecular flexibility index (Phi) is 4.96. The predicted molar refractivity (Wildman–Crippen MR) is 84.1 cm³/mol. The average Bonchev–Trinajstić information content (AvgIpc) is 2.51. The van der Waals surface area contributed by atoms with E-state index >= 15 is 0 Å². The third kappa shape index (κ3) is 3.61. The molecule has 1 amide bonds. The zero-order valence-electron chi connectivity index (χ0n) is 11.3. The minimum absolute atomic E-state index is 0.368. The maximum atomic E-state index is 12.2. The topological polar surface area (TPSA) is 62.1 Å². The van der Waals surface area contributed by atoms with Gasteiger partial charge in [-0.3, -0.25) is 4.79 Å². The summed E-state index contributed by atoms with van der Waals surface area (Å²) in [6.07, 6.45) is 0. The van der Waals surface area contributed by atoms with Crippen molar-refractivity contribution in [3.8, 4) is 11.8 Å². The van der Waals surface area contributed by atoms with E-state index in [0.29, 0.717) is 17.0 Å². The second kappa shape index (κ2) is 6.91. The van der Waals surface area contributed by atoms with Crippen LogP contribution in [-0.4, -0.2) is 13.0 Å². The molecule has 0 aliphatic heterocycles. The van der Waals surface area contributed by atoms with Crippen molar-refractivity contribution in [1.82, 2.24) is 0 Å². The van der Waals surface area contributed by atoms with Crippen LogP contribution in [0.25, 0.3) is 0 Å². The molecule has 1 N–H and O–H groups in total. The Morgan fingerprint density at radius 2 is 2.00 bits per heavy atom. The van der Waals surface area contributed by atoms with Crippen LogP contribution in [-0.2, 0) is 4.79 Å². The van der Waals surface area contributed by atoms with Gasteiger partial charge in [-0.1, -0.05) is 30.3 Å². The lowest BCUT2D eigenvalue weighted by Gasteiger charge is -2.12. The number of carbonyl (C=O) groups is 1. The number of hydrogen-bond donors (Lipinski definition) is 1. The van der Waals surface area contributed by atoms with Crippen molar-refractivity contribution in [2.24, 2.45) is 0 Å². The normalized spacial score (nSPS) is 11.3. The number of amides is 1. The van der Waals surface area contributed by atoms with Crippen molar-refractivity contribution in [3.63, 3.8) is 0 Å². The first-order valence-corrected chi connectivity index (χ1v) is 7.04. The monoisotopic (exact) mass is 344 g/mol. The second-order valence-electron chi connectivity index (χ2n) is 4.31. The lowest BCUT2D eigenvalue weighted by atomic mass is 10.00. The summed E-state index contributed by atoms with van der Waals surface area (Å²) in [5.74, 6) is -0.602. The number of anilines is 1. The second-order valence-corrected chi connectivity index (χ2v) is 5.17. The maximum absolute atomic E-state index is 12.2. The van der Waals surface area contributed by atoms with Crippen LogP contribution in [0, 0.1) is 11.3 Å². The number of methoxy groups -OCH3 is 1. The van der Waals surface area contributed by atoms with E-state index in [1.54, 1.807) is 49.6 Å². The lowest BCUT2D eigenvalue weighted by Crippen LogP contribution is -2.20. The van der Waals surface area contributed by atoms with Gasteiger partial charge in [0.2, 0.25) is 5.91 Å². The van der Waals surface area contributed by atoms with Crippen LogP contribution in [0.4, 0.5) is 5.69 Å². The summed E-state index contributed by atoms with van der Waals surface area (Å²) in [5, 5.41) is 12.0. The van der Waals surface area contributed by atoms with Gasteiger partial charge in [0.15, 0.2) is 5.92 Å². The molecular formula is C16H13BrN2O2. The van der Waals surface area contributed by atoms with Gasteiger partial charge in [0.05, 0.1) is 17.7 Å². The summed E-state index contributed by atoms with van der Waals surface area (Å²) in [5.41, 5.74) is 1.25. The molecule has 0 saturated carbocycles. The molecule has 2 aromatic carbocycles. The molecule has 5 heteroatoms. The van der Waals surface area contributed by atoms with E-state index in [0.717, 1.165) is 4.47 Å². The highest BCUT2D eigenvalue weighted by molar-refractivity contribution is 9.10. The van der Waals surface area contributed by atoms with E-state index in [4.69, 9.17) is 4.74 Å². The molecule has 0 radical (unpaired) electrons. The molecule has 0 aliphatic carbocycles.